The predicted octanol–water partition coefficient (Wildman–Crippen LogP) is 1.07. The molecule has 1 N–H and O–H groups in total. The molecule has 0 saturated carbocycles. The molecule has 0 aromatic carbocycles. The Balaban J connectivity index is 3.84. The van der Waals surface area contributed by atoms with Gasteiger partial charge in [0.1, 0.15) is 0 Å². The Kier molecular flexibility index (Phi) is 6.32. The molecule has 13 heavy (non-hydrogen) atoms. The third-order valence-electron chi connectivity index (χ3n) is 1.65. The molecule has 0 rings (SSSR count). The fourth-order valence-corrected chi connectivity index (χ4v) is 0.943. The number of hydrogen-bond donors (Lipinski definition) is 1. The lowest BCUT2D eigenvalue weighted by atomic mass is 10.4. The number of nitrogens with one attached hydrogen (secondary N) is 1. The molecule has 0 aromatic rings. The first-order valence-corrected chi connectivity index (χ1v) is 4.66. The van der Waals surface area contributed by atoms with E-state index in [1.54, 1.807) is 12.0 Å². The standard InChI is InChI=1S/C9H20N2O2/c1-5-11(6-7-13-4)9(12)10-8(2)3/h8H,5-7H2,1-4H3,(H,10,12). The number of amides is 2. The minimum absolute atomic E-state index is 0.0189. The van der Waals surface area contributed by atoms with Crippen LogP contribution in [-0.4, -0.2) is 43.8 Å². The molecule has 0 spiro atoms. The summed E-state index contributed by atoms with van der Waals surface area (Å²) in [7, 11) is 1.63. The molecule has 0 aliphatic carbocycles. The van der Waals surface area contributed by atoms with Crippen LogP contribution in [0.2, 0.25) is 0 Å². The summed E-state index contributed by atoms with van der Waals surface area (Å²) in [6.07, 6.45) is 0. The quantitative estimate of drug-likeness (QED) is 0.701. The summed E-state index contributed by atoms with van der Waals surface area (Å²) in [6, 6.07) is 0.165. The van der Waals surface area contributed by atoms with Crippen molar-refractivity contribution in [3.05, 3.63) is 0 Å². The second kappa shape index (κ2) is 6.71. The topological polar surface area (TPSA) is 41.6 Å². The highest BCUT2D eigenvalue weighted by molar-refractivity contribution is 5.74. The summed E-state index contributed by atoms with van der Waals surface area (Å²) in [5.41, 5.74) is 0. The highest BCUT2D eigenvalue weighted by atomic mass is 16.5. The monoisotopic (exact) mass is 188 g/mol. The smallest absolute Gasteiger partial charge is 0.317 e. The van der Waals surface area contributed by atoms with Gasteiger partial charge < -0.3 is 15.0 Å². The number of methoxy groups -OCH3 is 1. The molecule has 0 atom stereocenters. The summed E-state index contributed by atoms with van der Waals surface area (Å²) >= 11 is 0. The van der Waals surface area contributed by atoms with Gasteiger partial charge >= 0.3 is 6.03 Å². The number of nitrogens with zero attached hydrogens (tertiary/aromatic N) is 1. The molecule has 4 nitrogen and oxygen atoms in total. The van der Waals surface area contributed by atoms with Gasteiger partial charge in [-0.3, -0.25) is 0 Å². The normalized spacial score (nSPS) is 10.2. The van der Waals surface area contributed by atoms with Crippen molar-refractivity contribution in [3.8, 4) is 0 Å². The van der Waals surface area contributed by atoms with Crippen LogP contribution in [-0.2, 0) is 4.74 Å². The average molecular weight is 188 g/mol. The van der Waals surface area contributed by atoms with Gasteiger partial charge in [0.15, 0.2) is 0 Å². The summed E-state index contributed by atoms with van der Waals surface area (Å²) < 4.78 is 4.91. The van der Waals surface area contributed by atoms with Crippen molar-refractivity contribution < 1.29 is 9.53 Å². The highest BCUT2D eigenvalue weighted by Crippen LogP contribution is 1.90. The van der Waals surface area contributed by atoms with Gasteiger partial charge in [0.2, 0.25) is 0 Å². The lowest BCUT2D eigenvalue weighted by Gasteiger charge is -2.22. The van der Waals surface area contributed by atoms with Crippen LogP contribution >= 0.6 is 0 Å². The van der Waals surface area contributed by atoms with E-state index in [1.165, 1.54) is 0 Å². The van der Waals surface area contributed by atoms with Crippen LogP contribution in [0, 0.1) is 0 Å². The van der Waals surface area contributed by atoms with E-state index in [2.05, 4.69) is 5.32 Å². The van der Waals surface area contributed by atoms with E-state index in [9.17, 15) is 4.79 Å². The van der Waals surface area contributed by atoms with Gasteiger partial charge in [-0.05, 0) is 20.8 Å². The summed E-state index contributed by atoms with van der Waals surface area (Å²) in [4.78, 5) is 13.2. The van der Waals surface area contributed by atoms with E-state index in [-0.39, 0.29) is 12.1 Å². The van der Waals surface area contributed by atoms with Gasteiger partial charge in [0, 0.05) is 26.2 Å². The molecule has 0 aliphatic heterocycles. The Bertz CT molecular complexity index is 149. The fourth-order valence-electron chi connectivity index (χ4n) is 0.943. The van der Waals surface area contributed by atoms with Gasteiger partial charge in [-0.1, -0.05) is 0 Å². The molecule has 0 aliphatic rings. The van der Waals surface area contributed by atoms with Crippen LogP contribution in [0.1, 0.15) is 20.8 Å². The molecule has 0 radical (unpaired) electrons. The van der Waals surface area contributed by atoms with Gasteiger partial charge in [-0.15, -0.1) is 0 Å². The lowest BCUT2D eigenvalue weighted by Crippen LogP contribution is -2.44. The highest BCUT2D eigenvalue weighted by Gasteiger charge is 2.10. The zero-order valence-electron chi connectivity index (χ0n) is 8.96. The zero-order chi connectivity index (χ0) is 10.3. The van der Waals surface area contributed by atoms with Gasteiger partial charge in [-0.2, -0.15) is 0 Å². The van der Waals surface area contributed by atoms with Crippen LogP contribution in [0.25, 0.3) is 0 Å². The molecule has 78 valence electrons. The maximum Gasteiger partial charge on any atom is 0.317 e. The van der Waals surface area contributed by atoms with Crippen molar-refractivity contribution in [3.63, 3.8) is 0 Å². The Labute approximate surface area is 80.2 Å². The molecule has 0 unspecified atom stereocenters. The molecule has 2 amide bonds. The van der Waals surface area contributed by atoms with Crippen molar-refractivity contribution in [2.75, 3.05) is 26.8 Å². The zero-order valence-corrected chi connectivity index (χ0v) is 8.96. The number of urea groups is 1. The second-order valence-electron chi connectivity index (χ2n) is 3.18. The van der Waals surface area contributed by atoms with Crippen molar-refractivity contribution in [2.45, 2.75) is 26.8 Å². The Morgan fingerprint density at radius 2 is 2.15 bits per heavy atom. The average Bonchev–Trinajstić information content (AvgIpc) is 2.04. The summed E-state index contributed by atoms with van der Waals surface area (Å²) in [6.45, 7) is 7.78. The van der Waals surface area contributed by atoms with E-state index in [0.29, 0.717) is 19.7 Å². The molecule has 0 heterocycles. The number of carbonyl (C=O) groups excluding carboxylic acids is 1. The maximum absolute atomic E-state index is 11.4. The lowest BCUT2D eigenvalue weighted by molar-refractivity contribution is 0.150. The number of likely N-dealkylation sites (N-methyl/N-ethyl adjacent to an activating group) is 1. The Hall–Kier alpha value is -0.770. The van der Waals surface area contributed by atoms with Crippen LogP contribution < -0.4 is 5.32 Å². The molecule has 0 bridgehead atoms. The Morgan fingerprint density at radius 1 is 1.54 bits per heavy atom. The van der Waals surface area contributed by atoms with Crippen molar-refractivity contribution in [1.29, 1.82) is 0 Å². The maximum atomic E-state index is 11.4. The number of hydrogen-bond acceptors (Lipinski definition) is 2. The first-order valence-electron chi connectivity index (χ1n) is 4.66. The van der Waals surface area contributed by atoms with Crippen LogP contribution in [0.3, 0.4) is 0 Å². The van der Waals surface area contributed by atoms with Crippen molar-refractivity contribution >= 4 is 6.03 Å². The molecule has 0 aromatic heterocycles. The predicted molar refractivity (Wildman–Crippen MR) is 52.8 cm³/mol. The first kappa shape index (κ1) is 12.2. The molecule has 0 fully saturated rings. The van der Waals surface area contributed by atoms with Gasteiger partial charge in [-0.25, -0.2) is 4.79 Å². The van der Waals surface area contributed by atoms with E-state index in [0.717, 1.165) is 0 Å². The first-order chi connectivity index (χ1) is 6.11. The number of carbonyl (C=O) groups is 1. The minimum atomic E-state index is -0.0189. The van der Waals surface area contributed by atoms with Gasteiger partial charge in [0.05, 0.1) is 6.61 Å². The third-order valence-corrected chi connectivity index (χ3v) is 1.65. The summed E-state index contributed by atoms with van der Waals surface area (Å²) in [5.74, 6) is 0. The van der Waals surface area contributed by atoms with Crippen molar-refractivity contribution in [1.82, 2.24) is 10.2 Å². The number of rotatable bonds is 5. The molecular weight excluding hydrogens is 168 g/mol. The third kappa shape index (κ3) is 5.47. The van der Waals surface area contributed by atoms with Crippen LogP contribution in [0.4, 0.5) is 4.79 Å². The fraction of sp³-hybridized carbons (Fsp3) is 0.889. The largest absolute Gasteiger partial charge is 0.383 e. The van der Waals surface area contributed by atoms with E-state index < -0.39 is 0 Å². The van der Waals surface area contributed by atoms with E-state index in [4.69, 9.17) is 4.74 Å². The van der Waals surface area contributed by atoms with Crippen molar-refractivity contribution in [2.24, 2.45) is 0 Å². The van der Waals surface area contributed by atoms with E-state index >= 15 is 0 Å². The SMILES string of the molecule is CCN(CCOC)C(=O)NC(C)C. The molecular formula is C9H20N2O2. The number of ether oxygens (including phenoxy) is 1. The molecule has 0 saturated heterocycles. The minimum Gasteiger partial charge on any atom is -0.383 e. The Morgan fingerprint density at radius 3 is 2.54 bits per heavy atom. The van der Waals surface area contributed by atoms with Gasteiger partial charge in [0.25, 0.3) is 0 Å². The molecule has 4 heteroatoms. The van der Waals surface area contributed by atoms with E-state index in [1.807, 2.05) is 20.8 Å². The second-order valence-corrected chi connectivity index (χ2v) is 3.18. The van der Waals surface area contributed by atoms with Crippen LogP contribution in [0.15, 0.2) is 0 Å². The summed E-state index contributed by atoms with van der Waals surface area (Å²) in [5, 5.41) is 2.83. The van der Waals surface area contributed by atoms with Crippen LogP contribution in [0.5, 0.6) is 0 Å².